The molecule has 2 aromatic carbocycles. The topological polar surface area (TPSA) is 104 Å². The molecule has 1 fully saturated rings. The summed E-state index contributed by atoms with van der Waals surface area (Å²) in [5, 5.41) is 2.97. The van der Waals surface area contributed by atoms with Crippen LogP contribution >= 0.6 is 0 Å². The van der Waals surface area contributed by atoms with Crippen molar-refractivity contribution in [2.24, 2.45) is 0 Å². The average Bonchev–Trinajstić information content (AvgIpc) is 3.50. The number of nitrogens with one attached hydrogen (secondary N) is 3. The predicted molar refractivity (Wildman–Crippen MR) is 124 cm³/mol. The smallest absolute Gasteiger partial charge is 0.251 e. The van der Waals surface area contributed by atoms with Gasteiger partial charge in [0.2, 0.25) is 10.0 Å². The van der Waals surface area contributed by atoms with E-state index < -0.39 is 10.0 Å². The maximum atomic E-state index is 12.9. The summed E-state index contributed by atoms with van der Waals surface area (Å²) in [5.74, 6) is 0.318. The van der Waals surface area contributed by atoms with Crippen LogP contribution in [0.15, 0.2) is 65.7 Å². The summed E-state index contributed by atoms with van der Waals surface area (Å²) in [6, 6.07) is 15.7. The molecule has 3 N–H and O–H groups in total. The largest absolute Gasteiger partial charge is 0.342 e. The van der Waals surface area contributed by atoms with E-state index in [1.807, 2.05) is 37.3 Å². The minimum atomic E-state index is -3.66. The van der Waals surface area contributed by atoms with Crippen molar-refractivity contribution in [1.82, 2.24) is 20.0 Å². The van der Waals surface area contributed by atoms with Crippen LogP contribution < -0.4 is 10.0 Å². The highest BCUT2D eigenvalue weighted by atomic mass is 32.2. The molecule has 1 saturated carbocycles. The maximum absolute atomic E-state index is 12.9. The summed E-state index contributed by atoms with van der Waals surface area (Å²) in [6.45, 7) is 1.96. The summed E-state index contributed by atoms with van der Waals surface area (Å²) >= 11 is 0. The number of carbonyl (C=O) groups is 1. The zero-order chi connectivity index (χ0) is 22.6. The lowest BCUT2D eigenvalue weighted by Crippen LogP contribution is -2.33. The quantitative estimate of drug-likeness (QED) is 0.477. The van der Waals surface area contributed by atoms with E-state index in [1.165, 1.54) is 12.1 Å². The third-order valence-electron chi connectivity index (χ3n) is 5.81. The van der Waals surface area contributed by atoms with E-state index in [1.54, 1.807) is 18.3 Å². The van der Waals surface area contributed by atoms with Gasteiger partial charge in [-0.15, -0.1) is 0 Å². The van der Waals surface area contributed by atoms with Gasteiger partial charge in [0, 0.05) is 11.6 Å². The van der Waals surface area contributed by atoms with Gasteiger partial charge in [-0.1, -0.05) is 56.2 Å². The first-order chi connectivity index (χ1) is 15.5. The highest BCUT2D eigenvalue weighted by molar-refractivity contribution is 7.89. The van der Waals surface area contributed by atoms with E-state index in [2.05, 4.69) is 20.0 Å². The zero-order valence-electron chi connectivity index (χ0n) is 18.0. The van der Waals surface area contributed by atoms with E-state index in [4.69, 9.17) is 0 Å². The number of H-pyrrole nitrogens is 1. The highest BCUT2D eigenvalue weighted by Crippen LogP contribution is 2.22. The van der Waals surface area contributed by atoms with Crippen molar-refractivity contribution >= 4 is 15.9 Å². The van der Waals surface area contributed by atoms with Crippen LogP contribution in [-0.2, 0) is 10.0 Å². The Hall–Kier alpha value is -2.97. The van der Waals surface area contributed by atoms with Gasteiger partial charge in [0.25, 0.3) is 5.91 Å². The molecule has 0 radical (unpaired) electrons. The van der Waals surface area contributed by atoms with Crippen LogP contribution in [0.3, 0.4) is 0 Å². The molecule has 1 aliphatic carbocycles. The molecule has 1 aromatic heterocycles. The summed E-state index contributed by atoms with van der Waals surface area (Å²) < 4.78 is 28.2. The molecule has 1 amide bonds. The minimum absolute atomic E-state index is 0.0280. The Morgan fingerprint density at radius 1 is 1.12 bits per heavy atom. The summed E-state index contributed by atoms with van der Waals surface area (Å²) in [6.07, 6.45) is 6.16. The highest BCUT2D eigenvalue weighted by Gasteiger charge is 2.24. The van der Waals surface area contributed by atoms with Crippen LogP contribution in [0.25, 0.3) is 11.3 Å². The molecule has 32 heavy (non-hydrogen) atoms. The Bertz CT molecular complexity index is 1170. The van der Waals surface area contributed by atoms with E-state index in [-0.39, 0.29) is 22.9 Å². The van der Waals surface area contributed by atoms with Crippen LogP contribution in [0, 0.1) is 0 Å². The fraction of sp³-hybridized carbons (Fsp3) is 0.333. The van der Waals surface area contributed by atoms with Crippen molar-refractivity contribution < 1.29 is 13.2 Å². The molecule has 7 nitrogen and oxygen atoms in total. The number of carbonyl (C=O) groups excluding carboxylic acids is 1. The Balaban J connectivity index is 1.48. The predicted octanol–water partition coefficient (Wildman–Crippen LogP) is 4.18. The summed E-state index contributed by atoms with van der Waals surface area (Å²) in [4.78, 5) is 20.8. The van der Waals surface area contributed by atoms with Crippen molar-refractivity contribution in [1.29, 1.82) is 0 Å². The number of sulfonamides is 1. The van der Waals surface area contributed by atoms with Crippen LogP contribution in [0.2, 0.25) is 0 Å². The van der Waals surface area contributed by atoms with Crippen molar-refractivity contribution in [3.05, 3.63) is 72.2 Å². The van der Waals surface area contributed by atoms with Crippen molar-refractivity contribution in [3.63, 3.8) is 0 Å². The number of aromatic nitrogens is 2. The Labute approximate surface area is 188 Å². The molecule has 1 unspecified atom stereocenters. The van der Waals surface area contributed by atoms with Gasteiger partial charge in [0.15, 0.2) is 0 Å². The molecule has 4 rings (SSSR count). The second-order valence-electron chi connectivity index (χ2n) is 8.11. The lowest BCUT2D eigenvalue weighted by Gasteiger charge is -2.16. The van der Waals surface area contributed by atoms with E-state index in [0.717, 1.165) is 36.9 Å². The van der Waals surface area contributed by atoms with Crippen molar-refractivity contribution in [3.8, 4) is 11.3 Å². The lowest BCUT2D eigenvalue weighted by atomic mass is 10.1. The van der Waals surface area contributed by atoms with Gasteiger partial charge in [-0.25, -0.2) is 18.1 Å². The van der Waals surface area contributed by atoms with Crippen LogP contribution in [0.4, 0.5) is 0 Å². The van der Waals surface area contributed by atoms with Gasteiger partial charge in [0.05, 0.1) is 22.8 Å². The Morgan fingerprint density at radius 3 is 2.59 bits per heavy atom. The molecular formula is C24H28N4O3S. The number of hydrogen-bond acceptors (Lipinski definition) is 4. The second kappa shape index (κ2) is 9.67. The molecule has 1 atom stereocenters. The first-order valence-corrected chi connectivity index (χ1v) is 12.5. The lowest BCUT2D eigenvalue weighted by molar-refractivity contribution is 0.0933. The fourth-order valence-electron chi connectivity index (χ4n) is 4.02. The molecular weight excluding hydrogens is 424 g/mol. The van der Waals surface area contributed by atoms with Crippen molar-refractivity contribution in [2.75, 3.05) is 0 Å². The van der Waals surface area contributed by atoms with Gasteiger partial charge in [-0.2, -0.15) is 0 Å². The molecule has 0 spiro atoms. The number of nitrogens with zero attached hydrogens (tertiary/aromatic N) is 1. The monoisotopic (exact) mass is 452 g/mol. The standard InChI is InChI=1S/C24H28N4O3S/c1-2-21(23-25-16-22(26-23)17-9-4-3-5-10-17)27-24(29)18-11-8-14-20(15-18)32(30,31)28-19-12-6-7-13-19/h3-5,8-11,14-16,19,21,28H,2,6-7,12-13H2,1H3,(H,25,26)(H,27,29). The Morgan fingerprint density at radius 2 is 1.88 bits per heavy atom. The van der Waals surface area contributed by atoms with Gasteiger partial charge < -0.3 is 10.3 Å². The number of rotatable bonds is 8. The van der Waals surface area contributed by atoms with E-state index in [9.17, 15) is 13.2 Å². The van der Waals surface area contributed by atoms with Crippen LogP contribution in [0.1, 0.15) is 61.3 Å². The van der Waals surface area contributed by atoms with E-state index >= 15 is 0 Å². The molecule has 168 valence electrons. The Kier molecular flexibility index (Phi) is 6.72. The molecule has 0 aliphatic heterocycles. The van der Waals surface area contributed by atoms with Gasteiger partial charge >= 0.3 is 0 Å². The maximum Gasteiger partial charge on any atom is 0.251 e. The van der Waals surface area contributed by atoms with Crippen LogP contribution in [-0.4, -0.2) is 30.3 Å². The third kappa shape index (κ3) is 5.08. The zero-order valence-corrected chi connectivity index (χ0v) is 18.9. The third-order valence-corrected chi connectivity index (χ3v) is 7.33. The number of aromatic amines is 1. The summed E-state index contributed by atoms with van der Waals surface area (Å²) in [5.41, 5.74) is 2.19. The molecule has 0 saturated heterocycles. The van der Waals surface area contributed by atoms with Gasteiger partial charge in [-0.3, -0.25) is 4.79 Å². The molecule has 1 aliphatic rings. The molecule has 3 aromatic rings. The first kappa shape index (κ1) is 22.2. The van der Waals surface area contributed by atoms with E-state index in [0.29, 0.717) is 17.8 Å². The first-order valence-electron chi connectivity index (χ1n) is 11.0. The SMILES string of the molecule is CCC(NC(=O)c1cccc(S(=O)(=O)NC2CCCC2)c1)c1ncc(-c2ccccc2)[nH]1. The summed E-state index contributed by atoms with van der Waals surface area (Å²) in [7, 11) is -3.66. The average molecular weight is 453 g/mol. The fourth-order valence-corrected chi connectivity index (χ4v) is 5.37. The van der Waals surface area contributed by atoms with Gasteiger partial charge in [-0.05, 0) is 43.0 Å². The second-order valence-corrected chi connectivity index (χ2v) is 9.83. The number of benzene rings is 2. The minimum Gasteiger partial charge on any atom is -0.342 e. The number of hydrogen-bond donors (Lipinski definition) is 3. The van der Waals surface area contributed by atoms with Crippen LogP contribution in [0.5, 0.6) is 0 Å². The van der Waals surface area contributed by atoms with Gasteiger partial charge in [0.1, 0.15) is 5.82 Å². The molecule has 1 heterocycles. The number of imidazole rings is 1. The molecule has 8 heteroatoms. The van der Waals surface area contributed by atoms with Crippen molar-refractivity contribution in [2.45, 2.75) is 56.0 Å². The molecule has 0 bridgehead atoms. The number of amides is 1. The normalized spacial score (nSPS) is 15.5.